The number of likely N-dealkylation sites (tertiary alicyclic amines) is 1. The van der Waals surface area contributed by atoms with E-state index in [2.05, 4.69) is 32.7 Å². The molecule has 0 radical (unpaired) electrons. The minimum atomic E-state index is -1.17. The van der Waals surface area contributed by atoms with Crippen LogP contribution in [0.25, 0.3) is 0 Å². The van der Waals surface area contributed by atoms with E-state index in [1.165, 1.54) is 18.4 Å². The summed E-state index contributed by atoms with van der Waals surface area (Å²) in [4.78, 5) is 7.15. The molecule has 3 rings (SSSR count). The topological polar surface area (TPSA) is 82.3 Å². The average Bonchev–Trinajstić information content (AvgIpc) is 3.45. The number of aryl methyl sites for hydroxylation is 1. The quantitative estimate of drug-likeness (QED) is 0.248. The molecule has 7 nitrogen and oxygen atoms in total. The van der Waals surface area contributed by atoms with Crippen LogP contribution < -0.4 is 15.4 Å². The summed E-state index contributed by atoms with van der Waals surface area (Å²) < 4.78 is 10.9. The standard InChI is InChI=1S/C24H36N4O3.HI/c1-5-25-23(27-17-24(3,29)22-13-8-18(2)31-22)26-16-21(28-14-6-7-15-28)19-9-11-20(30-4)12-10-19;/h8-13,21,29H,5-7,14-17H2,1-4H3,(H2,25,26,27);1H. The molecule has 1 aliphatic rings. The van der Waals surface area contributed by atoms with Gasteiger partial charge in [-0.15, -0.1) is 24.0 Å². The zero-order valence-electron chi connectivity index (χ0n) is 19.6. The summed E-state index contributed by atoms with van der Waals surface area (Å²) in [6, 6.07) is 12.2. The number of aliphatic imine (C=N–C) groups is 1. The van der Waals surface area contributed by atoms with E-state index in [-0.39, 0.29) is 36.6 Å². The fourth-order valence-corrected chi connectivity index (χ4v) is 3.91. The molecule has 0 aliphatic carbocycles. The predicted molar refractivity (Wildman–Crippen MR) is 139 cm³/mol. The largest absolute Gasteiger partial charge is 0.497 e. The van der Waals surface area contributed by atoms with Crippen molar-refractivity contribution in [2.24, 2.45) is 4.99 Å². The van der Waals surface area contributed by atoms with Crippen molar-refractivity contribution in [3.63, 3.8) is 0 Å². The van der Waals surface area contributed by atoms with Gasteiger partial charge in [0.25, 0.3) is 0 Å². The fraction of sp³-hybridized carbons (Fsp3) is 0.542. The second-order valence-corrected chi connectivity index (χ2v) is 8.29. The van der Waals surface area contributed by atoms with Gasteiger partial charge in [0.2, 0.25) is 0 Å². The van der Waals surface area contributed by atoms with Crippen LogP contribution in [0, 0.1) is 6.92 Å². The predicted octanol–water partition coefficient (Wildman–Crippen LogP) is 3.81. The van der Waals surface area contributed by atoms with Gasteiger partial charge in [0.05, 0.1) is 19.7 Å². The van der Waals surface area contributed by atoms with Crippen LogP contribution in [0.4, 0.5) is 0 Å². The molecule has 2 atom stereocenters. The van der Waals surface area contributed by atoms with Crippen molar-refractivity contribution in [3.05, 3.63) is 53.5 Å². The molecule has 8 heteroatoms. The molecule has 32 heavy (non-hydrogen) atoms. The van der Waals surface area contributed by atoms with Crippen molar-refractivity contribution in [1.29, 1.82) is 0 Å². The van der Waals surface area contributed by atoms with Crippen molar-refractivity contribution >= 4 is 29.9 Å². The molecule has 2 heterocycles. The summed E-state index contributed by atoms with van der Waals surface area (Å²) in [7, 11) is 1.69. The third-order valence-corrected chi connectivity index (χ3v) is 5.71. The number of furan rings is 1. The van der Waals surface area contributed by atoms with E-state index in [0.717, 1.165) is 37.7 Å². The number of halogens is 1. The van der Waals surface area contributed by atoms with Crippen molar-refractivity contribution in [3.8, 4) is 5.75 Å². The third kappa shape index (κ3) is 7.11. The van der Waals surface area contributed by atoms with E-state index in [4.69, 9.17) is 9.15 Å². The summed E-state index contributed by atoms with van der Waals surface area (Å²) >= 11 is 0. The lowest BCUT2D eigenvalue weighted by atomic mass is 10.0. The van der Waals surface area contributed by atoms with Crippen molar-refractivity contribution in [1.82, 2.24) is 15.5 Å². The van der Waals surface area contributed by atoms with Gasteiger partial charge in [-0.25, -0.2) is 4.99 Å². The number of aliphatic hydroxyl groups is 1. The Hall–Kier alpha value is -1.78. The van der Waals surface area contributed by atoms with Crippen molar-refractivity contribution in [2.75, 3.05) is 39.8 Å². The zero-order valence-corrected chi connectivity index (χ0v) is 21.9. The van der Waals surface area contributed by atoms with Gasteiger partial charge in [-0.05, 0) is 76.5 Å². The maximum absolute atomic E-state index is 10.8. The van der Waals surface area contributed by atoms with Crippen LogP contribution in [0.15, 0.2) is 45.8 Å². The molecular weight excluding hydrogens is 519 g/mol. The lowest BCUT2D eigenvalue weighted by molar-refractivity contribution is 0.0428. The molecule has 1 fully saturated rings. The molecule has 3 N–H and O–H groups in total. The smallest absolute Gasteiger partial charge is 0.191 e. The highest BCUT2D eigenvalue weighted by molar-refractivity contribution is 14.0. The first-order valence-corrected chi connectivity index (χ1v) is 11.1. The van der Waals surface area contributed by atoms with Gasteiger partial charge in [-0.1, -0.05) is 12.1 Å². The van der Waals surface area contributed by atoms with Crippen LogP contribution in [0.5, 0.6) is 5.75 Å². The van der Waals surface area contributed by atoms with Crippen LogP contribution in [0.1, 0.15) is 49.8 Å². The number of benzene rings is 1. The van der Waals surface area contributed by atoms with Crippen molar-refractivity contribution < 1.29 is 14.3 Å². The minimum absolute atomic E-state index is 0. The van der Waals surface area contributed by atoms with E-state index >= 15 is 0 Å². The van der Waals surface area contributed by atoms with Gasteiger partial charge in [0, 0.05) is 13.1 Å². The summed E-state index contributed by atoms with van der Waals surface area (Å²) in [6.45, 7) is 9.48. The van der Waals surface area contributed by atoms with Gasteiger partial charge >= 0.3 is 0 Å². The van der Waals surface area contributed by atoms with Gasteiger partial charge < -0.3 is 24.9 Å². The minimum Gasteiger partial charge on any atom is -0.497 e. The fourth-order valence-electron chi connectivity index (χ4n) is 3.91. The summed E-state index contributed by atoms with van der Waals surface area (Å²) in [5, 5.41) is 17.6. The summed E-state index contributed by atoms with van der Waals surface area (Å²) in [6.07, 6.45) is 2.46. The zero-order chi connectivity index (χ0) is 22.3. The molecule has 2 aromatic rings. The van der Waals surface area contributed by atoms with Crippen molar-refractivity contribution in [2.45, 2.75) is 45.3 Å². The Labute approximate surface area is 208 Å². The number of nitrogens with one attached hydrogen (secondary N) is 2. The van der Waals surface area contributed by atoms with E-state index in [0.29, 0.717) is 11.7 Å². The molecule has 1 saturated heterocycles. The number of guanidine groups is 1. The normalized spacial score (nSPS) is 17.3. The van der Waals surface area contributed by atoms with Gasteiger partial charge in [0.15, 0.2) is 5.96 Å². The lowest BCUT2D eigenvalue weighted by Gasteiger charge is -2.29. The number of hydrogen-bond acceptors (Lipinski definition) is 5. The molecule has 0 spiro atoms. The number of ether oxygens (including phenoxy) is 1. The highest BCUT2D eigenvalue weighted by Crippen LogP contribution is 2.26. The van der Waals surface area contributed by atoms with Crippen LogP contribution in [0.2, 0.25) is 0 Å². The highest BCUT2D eigenvalue weighted by Gasteiger charge is 2.27. The Bertz CT molecular complexity index is 845. The Kier molecular flexibility index (Phi) is 10.3. The Balaban J connectivity index is 0.00000363. The second-order valence-electron chi connectivity index (χ2n) is 8.29. The van der Waals surface area contributed by atoms with Crippen LogP contribution in [-0.4, -0.2) is 55.8 Å². The van der Waals surface area contributed by atoms with Gasteiger partial charge in [0.1, 0.15) is 22.9 Å². The molecule has 0 amide bonds. The SMILES string of the molecule is CCNC(=NCC(C)(O)c1ccc(C)o1)NCC(c1ccc(OC)cc1)N1CCCC1.I. The average molecular weight is 556 g/mol. The number of nitrogens with zero attached hydrogens (tertiary/aromatic N) is 2. The maximum Gasteiger partial charge on any atom is 0.191 e. The van der Waals surface area contributed by atoms with Crippen LogP contribution in [-0.2, 0) is 5.60 Å². The summed E-state index contributed by atoms with van der Waals surface area (Å²) in [5.41, 5.74) is 0.0881. The molecule has 0 bridgehead atoms. The molecule has 2 unspecified atom stereocenters. The van der Waals surface area contributed by atoms with E-state index in [9.17, 15) is 5.11 Å². The van der Waals surface area contributed by atoms with Gasteiger partial charge in [-0.2, -0.15) is 0 Å². The number of hydrogen-bond donors (Lipinski definition) is 3. The van der Waals surface area contributed by atoms with Crippen LogP contribution in [0.3, 0.4) is 0 Å². The van der Waals surface area contributed by atoms with E-state index in [1.807, 2.05) is 32.0 Å². The highest BCUT2D eigenvalue weighted by atomic mass is 127. The first-order chi connectivity index (χ1) is 14.9. The third-order valence-electron chi connectivity index (χ3n) is 5.71. The maximum atomic E-state index is 10.8. The molecule has 1 aromatic carbocycles. The molecule has 1 aliphatic heterocycles. The van der Waals surface area contributed by atoms with Crippen LogP contribution >= 0.6 is 24.0 Å². The Morgan fingerprint density at radius 2 is 1.88 bits per heavy atom. The Morgan fingerprint density at radius 1 is 1.19 bits per heavy atom. The monoisotopic (exact) mass is 556 g/mol. The molecular formula is C24H37IN4O3. The second kappa shape index (κ2) is 12.5. The first-order valence-electron chi connectivity index (χ1n) is 11.1. The summed E-state index contributed by atoms with van der Waals surface area (Å²) in [5.74, 6) is 2.85. The van der Waals surface area contributed by atoms with E-state index in [1.54, 1.807) is 20.1 Å². The molecule has 0 saturated carbocycles. The Morgan fingerprint density at radius 3 is 2.44 bits per heavy atom. The molecule has 1 aromatic heterocycles. The van der Waals surface area contributed by atoms with Gasteiger partial charge in [-0.3, -0.25) is 4.90 Å². The number of rotatable bonds is 9. The molecule has 178 valence electrons. The van der Waals surface area contributed by atoms with E-state index < -0.39 is 5.60 Å². The number of methoxy groups -OCH3 is 1. The lowest BCUT2D eigenvalue weighted by Crippen LogP contribution is -2.43. The first kappa shape index (κ1) is 26.5.